The van der Waals surface area contributed by atoms with E-state index in [0.717, 1.165) is 53.2 Å². The number of hydrogen-bond acceptors (Lipinski definition) is 5. The van der Waals surface area contributed by atoms with Crippen LogP contribution in [0.2, 0.25) is 0 Å². The van der Waals surface area contributed by atoms with E-state index in [1.54, 1.807) is 0 Å². The maximum atomic E-state index is 11.1. The number of benzene rings is 2. The van der Waals surface area contributed by atoms with E-state index in [0.29, 0.717) is 19.3 Å². The Morgan fingerprint density at radius 3 is 2.53 bits per heavy atom. The lowest BCUT2D eigenvalue weighted by molar-refractivity contribution is -0.0267. The van der Waals surface area contributed by atoms with Crippen LogP contribution in [0.5, 0.6) is 0 Å². The quantitative estimate of drug-likeness (QED) is 0.537. The van der Waals surface area contributed by atoms with Crippen molar-refractivity contribution in [3.05, 3.63) is 84.3 Å². The highest BCUT2D eigenvalue weighted by Crippen LogP contribution is 2.29. The van der Waals surface area contributed by atoms with E-state index >= 15 is 0 Å². The summed E-state index contributed by atoms with van der Waals surface area (Å²) in [5.74, 6) is 0.737. The van der Waals surface area contributed by atoms with Crippen molar-refractivity contribution in [3.8, 4) is 11.3 Å². The molecule has 1 aliphatic heterocycles. The smallest absolute Gasteiger partial charge is 0.140 e. The average molecular weight is 399 g/mol. The van der Waals surface area contributed by atoms with Crippen LogP contribution in [0.15, 0.2) is 77.3 Å². The van der Waals surface area contributed by atoms with Crippen LogP contribution in [0, 0.1) is 0 Å². The summed E-state index contributed by atoms with van der Waals surface area (Å²) in [4.78, 5) is 7.14. The summed E-state index contributed by atoms with van der Waals surface area (Å²) in [6.07, 6.45) is 1.92. The molecule has 5 rings (SSSR count). The first-order valence-electron chi connectivity index (χ1n) is 10.5. The van der Waals surface area contributed by atoms with Crippen LogP contribution < -0.4 is 0 Å². The van der Waals surface area contributed by atoms with Crippen LogP contribution in [-0.4, -0.2) is 38.8 Å². The van der Waals surface area contributed by atoms with Gasteiger partial charge < -0.3 is 9.63 Å². The topological polar surface area (TPSA) is 62.4 Å². The molecular weight excluding hydrogens is 374 g/mol. The number of aliphatic hydroxyl groups is 1. The molecule has 0 spiro atoms. The molecule has 5 nitrogen and oxygen atoms in total. The lowest BCUT2D eigenvalue weighted by atomic mass is 9.87. The number of nitrogens with zero attached hydrogens (tertiary/aromatic N) is 3. The van der Waals surface area contributed by atoms with E-state index in [9.17, 15) is 5.11 Å². The van der Waals surface area contributed by atoms with Gasteiger partial charge in [-0.15, -0.1) is 0 Å². The Balaban J connectivity index is 1.20. The molecule has 5 heteroatoms. The molecule has 0 saturated carbocycles. The lowest BCUT2D eigenvalue weighted by Gasteiger charge is -2.37. The largest absolute Gasteiger partial charge is 0.389 e. The molecule has 0 amide bonds. The van der Waals surface area contributed by atoms with Gasteiger partial charge in [0.15, 0.2) is 0 Å². The van der Waals surface area contributed by atoms with Gasteiger partial charge in [0.05, 0.1) is 16.8 Å². The number of likely N-dealkylation sites (tertiary alicyclic amines) is 1. The van der Waals surface area contributed by atoms with Crippen molar-refractivity contribution >= 4 is 10.9 Å². The summed E-state index contributed by atoms with van der Waals surface area (Å²) >= 11 is 0. The van der Waals surface area contributed by atoms with Crippen molar-refractivity contribution in [1.82, 2.24) is 15.0 Å². The third-order valence-electron chi connectivity index (χ3n) is 5.96. The second-order valence-corrected chi connectivity index (χ2v) is 8.22. The van der Waals surface area contributed by atoms with Gasteiger partial charge in [-0.1, -0.05) is 59.8 Å². The van der Waals surface area contributed by atoms with Gasteiger partial charge in [-0.05, 0) is 25.0 Å². The second kappa shape index (κ2) is 8.01. The second-order valence-electron chi connectivity index (χ2n) is 8.22. The zero-order valence-electron chi connectivity index (χ0n) is 16.9. The first kappa shape index (κ1) is 19.0. The number of fused-ring (bicyclic) bond motifs is 1. The molecular formula is C25H25N3O2. The van der Waals surface area contributed by atoms with Gasteiger partial charge in [0.1, 0.15) is 11.5 Å². The van der Waals surface area contributed by atoms with Crippen LogP contribution in [-0.2, 0) is 13.0 Å². The zero-order chi connectivity index (χ0) is 20.4. The summed E-state index contributed by atoms with van der Waals surface area (Å²) in [5.41, 5.74) is 3.19. The highest BCUT2D eigenvalue weighted by Gasteiger charge is 2.34. The Bertz CT molecular complexity index is 1130. The molecule has 0 atom stereocenters. The summed E-state index contributed by atoms with van der Waals surface area (Å²) < 4.78 is 5.52. The maximum Gasteiger partial charge on any atom is 0.140 e. The van der Waals surface area contributed by atoms with Gasteiger partial charge in [0.25, 0.3) is 0 Å². The Kier molecular flexibility index (Phi) is 5.07. The Labute approximate surface area is 176 Å². The zero-order valence-corrected chi connectivity index (χ0v) is 16.9. The molecule has 1 saturated heterocycles. The molecule has 1 fully saturated rings. The minimum atomic E-state index is -0.749. The van der Waals surface area contributed by atoms with E-state index in [-0.39, 0.29) is 0 Å². The number of rotatable bonds is 5. The summed E-state index contributed by atoms with van der Waals surface area (Å²) in [5, 5.41) is 16.4. The van der Waals surface area contributed by atoms with Crippen molar-refractivity contribution in [3.63, 3.8) is 0 Å². The van der Waals surface area contributed by atoms with Crippen molar-refractivity contribution in [2.75, 3.05) is 13.1 Å². The number of aromatic nitrogens is 2. The summed E-state index contributed by atoms with van der Waals surface area (Å²) in [7, 11) is 0. The van der Waals surface area contributed by atoms with E-state index in [4.69, 9.17) is 9.51 Å². The Morgan fingerprint density at radius 2 is 1.70 bits per heavy atom. The molecule has 152 valence electrons. The van der Waals surface area contributed by atoms with Crippen molar-refractivity contribution in [1.29, 1.82) is 0 Å². The third-order valence-corrected chi connectivity index (χ3v) is 5.96. The molecule has 3 heterocycles. The van der Waals surface area contributed by atoms with Gasteiger partial charge in [-0.25, -0.2) is 0 Å². The Hall–Kier alpha value is -3.02. The van der Waals surface area contributed by atoms with E-state index in [2.05, 4.69) is 34.3 Å². The molecule has 0 aliphatic carbocycles. The van der Waals surface area contributed by atoms with Crippen LogP contribution >= 0.6 is 0 Å². The fourth-order valence-electron chi connectivity index (χ4n) is 4.20. The SMILES string of the molecule is OC1(Cc2cc(-c3ccccc3)no2)CCN(Cc2ccc3ccccc3n2)CC1. The third kappa shape index (κ3) is 4.13. The number of para-hydroxylation sites is 1. The van der Waals surface area contributed by atoms with Gasteiger partial charge in [0.2, 0.25) is 0 Å². The molecule has 0 radical (unpaired) electrons. The van der Waals surface area contributed by atoms with Crippen LogP contribution in [0.4, 0.5) is 0 Å². The normalized spacial score (nSPS) is 16.7. The minimum absolute atomic E-state index is 0.495. The van der Waals surface area contributed by atoms with E-state index < -0.39 is 5.60 Å². The average Bonchev–Trinajstić information content (AvgIpc) is 3.24. The number of pyridine rings is 1. The van der Waals surface area contributed by atoms with Crippen molar-refractivity contribution < 1.29 is 9.63 Å². The van der Waals surface area contributed by atoms with Crippen molar-refractivity contribution in [2.24, 2.45) is 0 Å². The van der Waals surface area contributed by atoms with Crippen LogP contribution in [0.25, 0.3) is 22.2 Å². The standard InChI is InChI=1S/C25H25N3O2/c29-25(17-22-16-24(27-30-22)19-6-2-1-3-7-19)12-14-28(15-13-25)18-21-11-10-20-8-4-5-9-23(20)26-21/h1-11,16,29H,12-15,17-18H2. The van der Waals surface area contributed by atoms with E-state index in [1.165, 1.54) is 0 Å². The maximum absolute atomic E-state index is 11.1. The molecule has 2 aromatic heterocycles. The molecule has 4 aromatic rings. The van der Waals surface area contributed by atoms with Gasteiger partial charge in [0, 0.05) is 43.1 Å². The molecule has 30 heavy (non-hydrogen) atoms. The molecule has 1 N–H and O–H groups in total. The minimum Gasteiger partial charge on any atom is -0.389 e. The molecule has 1 aliphatic rings. The van der Waals surface area contributed by atoms with Crippen LogP contribution in [0.3, 0.4) is 0 Å². The monoisotopic (exact) mass is 399 g/mol. The molecule has 0 unspecified atom stereocenters. The lowest BCUT2D eigenvalue weighted by Crippen LogP contribution is -2.45. The first-order chi connectivity index (χ1) is 14.7. The Morgan fingerprint density at radius 1 is 0.933 bits per heavy atom. The summed E-state index contributed by atoms with van der Waals surface area (Å²) in [6, 6.07) is 24.3. The molecule has 0 bridgehead atoms. The van der Waals surface area contributed by atoms with E-state index in [1.807, 2.05) is 48.5 Å². The highest BCUT2D eigenvalue weighted by molar-refractivity contribution is 5.78. The predicted octanol–water partition coefficient (Wildman–Crippen LogP) is 4.46. The van der Waals surface area contributed by atoms with Gasteiger partial charge >= 0.3 is 0 Å². The van der Waals surface area contributed by atoms with Gasteiger partial charge in [-0.2, -0.15) is 0 Å². The molecule has 2 aromatic carbocycles. The fourth-order valence-corrected chi connectivity index (χ4v) is 4.20. The van der Waals surface area contributed by atoms with Gasteiger partial charge in [-0.3, -0.25) is 9.88 Å². The van der Waals surface area contributed by atoms with Crippen LogP contribution in [0.1, 0.15) is 24.3 Å². The van der Waals surface area contributed by atoms with Crippen molar-refractivity contribution in [2.45, 2.75) is 31.4 Å². The summed E-state index contributed by atoms with van der Waals surface area (Å²) in [6.45, 7) is 2.48. The highest BCUT2D eigenvalue weighted by atomic mass is 16.5. The first-order valence-corrected chi connectivity index (χ1v) is 10.5. The number of hydrogen-bond donors (Lipinski definition) is 1. The predicted molar refractivity (Wildman–Crippen MR) is 117 cm³/mol. The fraction of sp³-hybridized carbons (Fsp3) is 0.280. The number of piperidine rings is 1.